The molecular weight excluding hydrogens is 354 g/mol. The van der Waals surface area contributed by atoms with E-state index in [-0.39, 0.29) is 24.2 Å². The van der Waals surface area contributed by atoms with Crippen molar-refractivity contribution in [2.24, 2.45) is 0 Å². The highest BCUT2D eigenvalue weighted by Gasteiger charge is 2.23. The number of anilines is 1. The zero-order valence-electron chi connectivity index (χ0n) is 13.4. The maximum absolute atomic E-state index is 12.0. The molecule has 1 amide bonds. The summed E-state index contributed by atoms with van der Waals surface area (Å²) in [4.78, 5) is 32.6. The van der Waals surface area contributed by atoms with Crippen LogP contribution in [-0.2, 0) is 11.3 Å². The molecule has 1 aromatic heterocycles. The van der Waals surface area contributed by atoms with Crippen molar-refractivity contribution in [2.45, 2.75) is 26.8 Å². The molecule has 1 N–H and O–H groups in total. The normalized spacial score (nSPS) is 10.5. The molecular formula is C14H14ClN5O5. The van der Waals surface area contributed by atoms with Crippen molar-refractivity contribution < 1.29 is 14.6 Å². The summed E-state index contributed by atoms with van der Waals surface area (Å²) in [5.74, 6) is -0.461. The topological polar surface area (TPSA) is 133 Å². The van der Waals surface area contributed by atoms with Crippen molar-refractivity contribution in [3.05, 3.63) is 54.8 Å². The Bertz CT molecular complexity index is 809. The largest absolute Gasteiger partial charge is 0.326 e. The quantitative estimate of drug-likeness (QED) is 0.616. The molecule has 0 atom stereocenters. The first-order valence-corrected chi connectivity index (χ1v) is 7.49. The number of rotatable bonds is 6. The van der Waals surface area contributed by atoms with Gasteiger partial charge in [-0.2, -0.15) is 5.10 Å². The van der Waals surface area contributed by atoms with Gasteiger partial charge in [0, 0.05) is 31.3 Å². The highest BCUT2D eigenvalue weighted by molar-refractivity contribution is 6.31. The van der Waals surface area contributed by atoms with E-state index in [9.17, 15) is 25.0 Å². The minimum atomic E-state index is -0.730. The van der Waals surface area contributed by atoms with Gasteiger partial charge < -0.3 is 5.32 Å². The predicted octanol–water partition coefficient (Wildman–Crippen LogP) is 3.00. The van der Waals surface area contributed by atoms with Gasteiger partial charge in [-0.3, -0.25) is 29.7 Å². The lowest BCUT2D eigenvalue weighted by Crippen LogP contribution is -2.15. The maximum atomic E-state index is 12.0. The van der Waals surface area contributed by atoms with Crippen molar-refractivity contribution in [2.75, 3.05) is 5.32 Å². The monoisotopic (exact) mass is 367 g/mol. The lowest BCUT2D eigenvalue weighted by Gasteiger charge is -2.07. The van der Waals surface area contributed by atoms with Gasteiger partial charge in [0.05, 0.1) is 26.3 Å². The van der Waals surface area contributed by atoms with Crippen molar-refractivity contribution in [3.63, 3.8) is 0 Å². The molecule has 0 unspecified atom stereocenters. The maximum Gasteiger partial charge on any atom is 0.281 e. The zero-order valence-corrected chi connectivity index (χ0v) is 14.1. The number of halogens is 1. The van der Waals surface area contributed by atoms with Crippen LogP contribution in [0.1, 0.15) is 17.7 Å². The first-order valence-electron chi connectivity index (χ1n) is 7.12. The van der Waals surface area contributed by atoms with Crippen LogP contribution < -0.4 is 5.32 Å². The second kappa shape index (κ2) is 7.26. The second-order valence-corrected chi connectivity index (χ2v) is 5.68. The van der Waals surface area contributed by atoms with Crippen molar-refractivity contribution in [1.82, 2.24) is 9.78 Å². The van der Waals surface area contributed by atoms with Crippen LogP contribution in [0.15, 0.2) is 18.3 Å². The van der Waals surface area contributed by atoms with Gasteiger partial charge in [-0.05, 0) is 13.8 Å². The van der Waals surface area contributed by atoms with Gasteiger partial charge in [-0.25, -0.2) is 0 Å². The Morgan fingerprint density at radius 1 is 1.24 bits per heavy atom. The molecule has 0 aliphatic rings. The van der Waals surface area contributed by atoms with E-state index in [0.717, 1.165) is 12.1 Å². The number of nitro groups is 2. The molecule has 11 heteroatoms. The molecule has 1 aromatic carbocycles. The van der Waals surface area contributed by atoms with Gasteiger partial charge in [0.25, 0.3) is 11.4 Å². The van der Waals surface area contributed by atoms with Gasteiger partial charge in [0.1, 0.15) is 5.56 Å². The van der Waals surface area contributed by atoms with Crippen LogP contribution in [0.5, 0.6) is 0 Å². The molecule has 1 heterocycles. The van der Waals surface area contributed by atoms with Crippen LogP contribution in [0.4, 0.5) is 17.1 Å². The molecule has 10 nitrogen and oxygen atoms in total. The third-order valence-electron chi connectivity index (χ3n) is 3.48. The van der Waals surface area contributed by atoms with E-state index in [2.05, 4.69) is 10.4 Å². The molecule has 0 radical (unpaired) electrons. The molecule has 0 saturated heterocycles. The Hall–Kier alpha value is -3.01. The molecule has 132 valence electrons. The number of nitrogens with one attached hydrogen (secondary N) is 1. The summed E-state index contributed by atoms with van der Waals surface area (Å²) in [7, 11) is 0. The Morgan fingerprint density at radius 2 is 1.80 bits per heavy atom. The third kappa shape index (κ3) is 4.29. The molecule has 0 saturated carbocycles. The number of aromatic nitrogens is 2. The van der Waals surface area contributed by atoms with Crippen molar-refractivity contribution in [3.8, 4) is 0 Å². The van der Waals surface area contributed by atoms with Crippen LogP contribution in [0.25, 0.3) is 0 Å². The van der Waals surface area contributed by atoms with E-state index in [1.54, 1.807) is 13.1 Å². The number of carbonyl (C=O) groups is 1. The summed E-state index contributed by atoms with van der Waals surface area (Å²) in [5, 5.41) is 29.1. The zero-order chi connectivity index (χ0) is 18.7. The molecule has 0 aliphatic heterocycles. The van der Waals surface area contributed by atoms with E-state index >= 15 is 0 Å². The van der Waals surface area contributed by atoms with Gasteiger partial charge in [-0.15, -0.1) is 0 Å². The van der Waals surface area contributed by atoms with E-state index in [4.69, 9.17) is 11.6 Å². The van der Waals surface area contributed by atoms with Crippen LogP contribution in [0.3, 0.4) is 0 Å². The molecule has 0 fully saturated rings. The van der Waals surface area contributed by atoms with E-state index in [1.165, 1.54) is 11.6 Å². The molecule has 0 spiro atoms. The minimum absolute atomic E-state index is 0.0105. The lowest BCUT2D eigenvalue weighted by molar-refractivity contribution is -0.395. The fraction of sp³-hybridized carbons (Fsp3) is 0.286. The fourth-order valence-corrected chi connectivity index (χ4v) is 2.33. The van der Waals surface area contributed by atoms with Crippen LogP contribution >= 0.6 is 11.6 Å². The number of nitro benzene ring substituents is 2. The summed E-state index contributed by atoms with van der Waals surface area (Å²) < 4.78 is 1.50. The Balaban J connectivity index is 2.14. The average molecular weight is 368 g/mol. The van der Waals surface area contributed by atoms with Crippen molar-refractivity contribution in [1.29, 1.82) is 0 Å². The Morgan fingerprint density at radius 3 is 2.24 bits per heavy atom. The molecule has 2 aromatic rings. The fourth-order valence-electron chi connectivity index (χ4n) is 2.18. The number of hydrogen-bond donors (Lipinski definition) is 1. The summed E-state index contributed by atoms with van der Waals surface area (Å²) in [6.07, 6.45) is 1.60. The average Bonchev–Trinajstić information content (AvgIpc) is 2.84. The first kappa shape index (κ1) is 18.3. The molecule has 0 bridgehead atoms. The highest BCUT2D eigenvalue weighted by Crippen LogP contribution is 2.31. The van der Waals surface area contributed by atoms with Crippen molar-refractivity contribution >= 4 is 34.6 Å². The second-order valence-electron chi connectivity index (χ2n) is 5.28. The highest BCUT2D eigenvalue weighted by atomic mass is 35.5. The van der Waals surface area contributed by atoms with E-state index in [1.807, 2.05) is 0 Å². The summed E-state index contributed by atoms with van der Waals surface area (Å²) in [5.41, 5.74) is -0.317. The standard InChI is InChI=1S/C14H14ClN5O5/c1-8-12(19(22)23)5-10(6-13(8)20(24)25)16-14(21)3-4-18-7-11(15)9(2)17-18/h5-7H,3-4H2,1-2H3,(H,16,21). The van der Waals surface area contributed by atoms with Gasteiger partial charge in [-0.1, -0.05) is 11.6 Å². The third-order valence-corrected chi connectivity index (χ3v) is 3.86. The number of benzene rings is 1. The number of aryl methyl sites for hydroxylation is 2. The van der Waals surface area contributed by atoms with E-state index in [0.29, 0.717) is 10.7 Å². The van der Waals surface area contributed by atoms with Gasteiger partial charge in [0.2, 0.25) is 5.91 Å². The summed E-state index contributed by atoms with van der Waals surface area (Å²) in [6, 6.07) is 2.18. The summed E-state index contributed by atoms with van der Waals surface area (Å²) >= 11 is 5.87. The van der Waals surface area contributed by atoms with Gasteiger partial charge in [0.15, 0.2) is 0 Å². The van der Waals surface area contributed by atoms with Gasteiger partial charge >= 0.3 is 0 Å². The Labute approximate surface area is 146 Å². The Kier molecular flexibility index (Phi) is 5.32. The predicted molar refractivity (Wildman–Crippen MR) is 89.7 cm³/mol. The number of carbonyl (C=O) groups excluding carboxylic acids is 1. The van der Waals surface area contributed by atoms with Crippen LogP contribution in [0, 0.1) is 34.1 Å². The first-order chi connectivity index (χ1) is 11.7. The molecule has 2 rings (SSSR count). The van der Waals surface area contributed by atoms with Crippen LogP contribution in [-0.4, -0.2) is 25.5 Å². The number of amides is 1. The smallest absolute Gasteiger partial charge is 0.281 e. The minimum Gasteiger partial charge on any atom is -0.326 e. The van der Waals surface area contributed by atoms with Crippen LogP contribution in [0.2, 0.25) is 5.02 Å². The van der Waals surface area contributed by atoms with E-state index < -0.39 is 27.1 Å². The molecule has 0 aliphatic carbocycles. The SMILES string of the molecule is Cc1nn(CCC(=O)Nc2cc([N+](=O)[O-])c(C)c([N+](=O)[O-])c2)cc1Cl. The number of hydrogen-bond acceptors (Lipinski definition) is 6. The molecule has 25 heavy (non-hydrogen) atoms. The summed E-state index contributed by atoms with van der Waals surface area (Å²) in [6.45, 7) is 3.25. The number of nitrogens with zero attached hydrogens (tertiary/aromatic N) is 4. The lowest BCUT2D eigenvalue weighted by atomic mass is 10.1.